The smallest absolute Gasteiger partial charge is 0.302 e. The molecule has 16 heavy (non-hydrogen) atoms. The van der Waals surface area contributed by atoms with Crippen molar-refractivity contribution in [2.75, 3.05) is 6.61 Å². The summed E-state index contributed by atoms with van der Waals surface area (Å²) in [6.07, 6.45) is 0.841. The minimum atomic E-state index is -0.600. The predicted molar refractivity (Wildman–Crippen MR) is 55.5 cm³/mol. The highest BCUT2D eigenvalue weighted by molar-refractivity contribution is 5.66. The molecule has 5 nitrogen and oxygen atoms in total. The molecule has 1 aliphatic rings. The van der Waals surface area contributed by atoms with Gasteiger partial charge < -0.3 is 14.6 Å². The summed E-state index contributed by atoms with van der Waals surface area (Å²) in [6.45, 7) is 3.02. The molecule has 1 saturated carbocycles. The fourth-order valence-corrected chi connectivity index (χ4v) is 1.92. The minimum Gasteiger partial charge on any atom is -0.466 e. The molecule has 0 spiro atoms. The van der Waals surface area contributed by atoms with Crippen molar-refractivity contribution in [1.29, 1.82) is 0 Å². The highest BCUT2D eigenvalue weighted by Crippen LogP contribution is 2.27. The van der Waals surface area contributed by atoms with Crippen molar-refractivity contribution in [3.05, 3.63) is 0 Å². The van der Waals surface area contributed by atoms with Gasteiger partial charge in [0.15, 0.2) is 0 Å². The number of ether oxygens (including phenoxy) is 2. The summed E-state index contributed by atoms with van der Waals surface area (Å²) >= 11 is 0. The van der Waals surface area contributed by atoms with Crippen molar-refractivity contribution in [3.8, 4) is 0 Å². The lowest BCUT2D eigenvalue weighted by Gasteiger charge is -2.32. The van der Waals surface area contributed by atoms with Crippen LogP contribution in [-0.4, -0.2) is 35.9 Å². The van der Waals surface area contributed by atoms with E-state index in [1.54, 1.807) is 0 Å². The van der Waals surface area contributed by atoms with E-state index in [0.29, 0.717) is 19.4 Å². The largest absolute Gasteiger partial charge is 0.466 e. The molecule has 0 aliphatic heterocycles. The Bertz CT molecular complexity index is 263. The van der Waals surface area contributed by atoms with Crippen molar-refractivity contribution in [1.82, 2.24) is 0 Å². The highest BCUT2D eigenvalue weighted by Gasteiger charge is 2.31. The Balaban J connectivity index is 2.40. The standard InChI is InChI=1S/C11H18O5/c1-7(12)15-6-9-3-4-10(14)11(5-9)16-8(2)13/h9-11,14H,3-6H2,1-2H3. The lowest BCUT2D eigenvalue weighted by atomic mass is 9.86. The van der Waals surface area contributed by atoms with Crippen LogP contribution in [0.4, 0.5) is 0 Å². The van der Waals surface area contributed by atoms with Gasteiger partial charge in [0.05, 0.1) is 12.7 Å². The third kappa shape index (κ3) is 4.18. The van der Waals surface area contributed by atoms with Crippen molar-refractivity contribution in [3.63, 3.8) is 0 Å². The second-order valence-corrected chi connectivity index (χ2v) is 4.20. The molecule has 0 heterocycles. The zero-order valence-electron chi connectivity index (χ0n) is 9.64. The maximum Gasteiger partial charge on any atom is 0.302 e. The highest BCUT2D eigenvalue weighted by atomic mass is 16.6. The van der Waals surface area contributed by atoms with Crippen LogP contribution in [0.1, 0.15) is 33.1 Å². The molecule has 0 aromatic carbocycles. The molecule has 0 bridgehead atoms. The van der Waals surface area contributed by atoms with Crippen molar-refractivity contribution in [2.45, 2.75) is 45.3 Å². The average Bonchev–Trinajstić information content (AvgIpc) is 2.18. The van der Waals surface area contributed by atoms with Crippen LogP contribution in [0.25, 0.3) is 0 Å². The normalized spacial score (nSPS) is 29.6. The van der Waals surface area contributed by atoms with Crippen LogP contribution in [-0.2, 0) is 19.1 Å². The summed E-state index contributed by atoms with van der Waals surface area (Å²) < 4.78 is 9.92. The number of hydrogen-bond donors (Lipinski definition) is 1. The molecule has 92 valence electrons. The van der Waals surface area contributed by atoms with Gasteiger partial charge in [0.1, 0.15) is 6.10 Å². The van der Waals surface area contributed by atoms with E-state index in [9.17, 15) is 14.7 Å². The third-order valence-corrected chi connectivity index (χ3v) is 2.71. The lowest BCUT2D eigenvalue weighted by Crippen LogP contribution is -2.38. The molecule has 1 fully saturated rings. The molecule has 3 atom stereocenters. The Hall–Kier alpha value is -1.10. The first-order chi connectivity index (χ1) is 7.49. The number of aliphatic hydroxyl groups is 1. The van der Waals surface area contributed by atoms with Crippen LogP contribution < -0.4 is 0 Å². The van der Waals surface area contributed by atoms with E-state index >= 15 is 0 Å². The zero-order valence-corrected chi connectivity index (χ0v) is 9.64. The van der Waals surface area contributed by atoms with Gasteiger partial charge in [-0.3, -0.25) is 9.59 Å². The number of carbonyl (C=O) groups is 2. The maximum atomic E-state index is 10.8. The first kappa shape index (κ1) is 13.0. The van der Waals surface area contributed by atoms with Crippen molar-refractivity contribution < 1.29 is 24.2 Å². The fraction of sp³-hybridized carbons (Fsp3) is 0.818. The van der Waals surface area contributed by atoms with Gasteiger partial charge in [-0.1, -0.05) is 0 Å². The van der Waals surface area contributed by atoms with E-state index in [1.807, 2.05) is 0 Å². The van der Waals surface area contributed by atoms with Gasteiger partial charge in [-0.05, 0) is 25.2 Å². The molecule has 0 amide bonds. The molecule has 3 unspecified atom stereocenters. The van der Waals surface area contributed by atoms with E-state index in [4.69, 9.17) is 9.47 Å². The average molecular weight is 230 g/mol. The SMILES string of the molecule is CC(=O)OCC1CCC(O)C(OC(C)=O)C1. The molecule has 0 aromatic heterocycles. The molecule has 1 N–H and O–H groups in total. The Morgan fingerprint density at radius 1 is 1.25 bits per heavy atom. The summed E-state index contributed by atoms with van der Waals surface area (Å²) in [5.74, 6) is -0.538. The van der Waals surface area contributed by atoms with E-state index in [0.717, 1.165) is 6.42 Å². The van der Waals surface area contributed by atoms with E-state index in [2.05, 4.69) is 0 Å². The topological polar surface area (TPSA) is 72.8 Å². The quantitative estimate of drug-likeness (QED) is 0.720. The molecule has 0 radical (unpaired) electrons. The van der Waals surface area contributed by atoms with Gasteiger partial charge in [0.25, 0.3) is 0 Å². The molecule has 0 saturated heterocycles. The van der Waals surface area contributed by atoms with Gasteiger partial charge >= 0.3 is 11.9 Å². The van der Waals surface area contributed by atoms with Crippen molar-refractivity contribution >= 4 is 11.9 Å². The monoisotopic (exact) mass is 230 g/mol. The molecular formula is C11H18O5. The first-order valence-electron chi connectivity index (χ1n) is 5.47. The number of carbonyl (C=O) groups excluding carboxylic acids is 2. The van der Waals surface area contributed by atoms with E-state index in [-0.39, 0.29) is 11.9 Å². The van der Waals surface area contributed by atoms with Gasteiger partial charge in [0, 0.05) is 13.8 Å². The van der Waals surface area contributed by atoms with Gasteiger partial charge in [0.2, 0.25) is 0 Å². The van der Waals surface area contributed by atoms with Crippen LogP contribution in [0, 0.1) is 5.92 Å². The summed E-state index contributed by atoms with van der Waals surface area (Å²) in [4.78, 5) is 21.5. The fourth-order valence-electron chi connectivity index (χ4n) is 1.92. The second-order valence-electron chi connectivity index (χ2n) is 4.20. The zero-order chi connectivity index (χ0) is 12.1. The van der Waals surface area contributed by atoms with Crippen LogP contribution in [0.15, 0.2) is 0 Å². The predicted octanol–water partition coefficient (Wildman–Crippen LogP) is 0.642. The second kappa shape index (κ2) is 5.84. The summed E-state index contributed by atoms with van der Waals surface area (Å²) in [7, 11) is 0. The lowest BCUT2D eigenvalue weighted by molar-refractivity contribution is -0.159. The molecule has 0 aromatic rings. The Morgan fingerprint density at radius 2 is 1.94 bits per heavy atom. The number of rotatable bonds is 3. The molecule has 1 aliphatic carbocycles. The van der Waals surface area contributed by atoms with Gasteiger partial charge in [-0.15, -0.1) is 0 Å². The van der Waals surface area contributed by atoms with E-state index < -0.39 is 18.2 Å². The van der Waals surface area contributed by atoms with Crippen LogP contribution in [0.3, 0.4) is 0 Å². The summed E-state index contributed by atoms with van der Waals surface area (Å²) in [5, 5.41) is 9.63. The Morgan fingerprint density at radius 3 is 2.50 bits per heavy atom. The van der Waals surface area contributed by atoms with Crippen LogP contribution >= 0.6 is 0 Å². The number of esters is 2. The maximum absolute atomic E-state index is 10.8. The van der Waals surface area contributed by atoms with Gasteiger partial charge in [-0.2, -0.15) is 0 Å². The Labute approximate surface area is 94.7 Å². The third-order valence-electron chi connectivity index (χ3n) is 2.71. The Kier molecular flexibility index (Phi) is 4.73. The number of hydrogen-bond acceptors (Lipinski definition) is 5. The molecular weight excluding hydrogens is 212 g/mol. The summed E-state index contributed by atoms with van der Waals surface area (Å²) in [6, 6.07) is 0. The molecule has 5 heteroatoms. The van der Waals surface area contributed by atoms with Gasteiger partial charge in [-0.25, -0.2) is 0 Å². The minimum absolute atomic E-state index is 0.164. The van der Waals surface area contributed by atoms with Crippen LogP contribution in [0.2, 0.25) is 0 Å². The number of aliphatic hydroxyl groups excluding tert-OH is 1. The van der Waals surface area contributed by atoms with E-state index in [1.165, 1.54) is 13.8 Å². The summed E-state index contributed by atoms with van der Waals surface area (Å²) in [5.41, 5.74) is 0. The van der Waals surface area contributed by atoms with Crippen LogP contribution in [0.5, 0.6) is 0 Å². The first-order valence-corrected chi connectivity index (χ1v) is 5.47. The molecule has 1 rings (SSSR count). The van der Waals surface area contributed by atoms with Crippen molar-refractivity contribution in [2.24, 2.45) is 5.92 Å².